The zero-order valence-corrected chi connectivity index (χ0v) is 20.6. The number of nitrogens with zero attached hydrogens (tertiary/aromatic N) is 2. The maximum atomic E-state index is 13.4. The SMILES string of the molecule is CC(C)c1cccc(C(C)C)c1NC(=O)CSc1nnc(-c2ccc(F)cc2)c2ccccc12. The number of fused-ring (bicyclic) bond motifs is 1. The van der Waals surface area contributed by atoms with Gasteiger partial charge in [-0.1, -0.05) is 81.9 Å². The molecule has 34 heavy (non-hydrogen) atoms. The largest absolute Gasteiger partial charge is 0.325 e. The van der Waals surface area contributed by atoms with E-state index in [9.17, 15) is 9.18 Å². The first-order chi connectivity index (χ1) is 16.3. The van der Waals surface area contributed by atoms with Crippen molar-refractivity contribution in [3.8, 4) is 11.3 Å². The molecule has 1 N–H and O–H groups in total. The molecule has 0 aliphatic heterocycles. The van der Waals surface area contributed by atoms with Crippen LogP contribution in [-0.2, 0) is 4.79 Å². The van der Waals surface area contributed by atoms with Gasteiger partial charge in [-0.3, -0.25) is 4.79 Å². The topological polar surface area (TPSA) is 54.9 Å². The predicted octanol–water partition coefficient (Wildman–Crippen LogP) is 7.41. The zero-order chi connectivity index (χ0) is 24.2. The lowest BCUT2D eigenvalue weighted by Crippen LogP contribution is -2.17. The highest BCUT2D eigenvalue weighted by Crippen LogP contribution is 2.34. The van der Waals surface area contributed by atoms with Crippen molar-refractivity contribution in [1.29, 1.82) is 0 Å². The van der Waals surface area contributed by atoms with E-state index in [1.807, 2.05) is 24.3 Å². The Morgan fingerprint density at radius 3 is 2.09 bits per heavy atom. The number of hydrogen-bond donors (Lipinski definition) is 1. The maximum Gasteiger partial charge on any atom is 0.234 e. The summed E-state index contributed by atoms with van der Waals surface area (Å²) >= 11 is 1.37. The van der Waals surface area contributed by atoms with Crippen LogP contribution in [0, 0.1) is 5.82 Å². The van der Waals surface area contributed by atoms with E-state index in [-0.39, 0.29) is 17.5 Å². The average Bonchev–Trinajstić information content (AvgIpc) is 2.83. The highest BCUT2D eigenvalue weighted by Gasteiger charge is 2.17. The molecule has 3 aromatic carbocycles. The van der Waals surface area contributed by atoms with Crippen molar-refractivity contribution in [3.63, 3.8) is 0 Å². The molecule has 174 valence electrons. The molecule has 0 atom stereocenters. The van der Waals surface area contributed by atoms with Crippen LogP contribution in [0.15, 0.2) is 71.8 Å². The Hall–Kier alpha value is -3.25. The lowest BCUT2D eigenvalue weighted by atomic mass is 9.92. The Labute approximate surface area is 204 Å². The number of benzene rings is 3. The van der Waals surface area contributed by atoms with E-state index in [4.69, 9.17) is 0 Å². The maximum absolute atomic E-state index is 13.4. The summed E-state index contributed by atoms with van der Waals surface area (Å²) in [7, 11) is 0. The summed E-state index contributed by atoms with van der Waals surface area (Å²) in [6.45, 7) is 8.53. The fourth-order valence-electron chi connectivity index (χ4n) is 4.01. The van der Waals surface area contributed by atoms with Crippen molar-refractivity contribution in [3.05, 3.63) is 83.7 Å². The predicted molar refractivity (Wildman–Crippen MR) is 139 cm³/mol. The van der Waals surface area contributed by atoms with Crippen LogP contribution < -0.4 is 5.32 Å². The van der Waals surface area contributed by atoms with Gasteiger partial charge in [0.1, 0.15) is 16.5 Å². The minimum atomic E-state index is -0.293. The molecular formula is C28H28FN3OS. The van der Waals surface area contributed by atoms with Crippen LogP contribution >= 0.6 is 11.8 Å². The molecule has 4 rings (SSSR count). The first-order valence-electron chi connectivity index (χ1n) is 11.4. The molecule has 1 aromatic heterocycles. The summed E-state index contributed by atoms with van der Waals surface area (Å²) in [6.07, 6.45) is 0. The van der Waals surface area contributed by atoms with E-state index < -0.39 is 0 Å². The fourth-order valence-corrected chi connectivity index (χ4v) is 4.78. The standard InChI is InChI=1S/C28H28FN3OS/c1-17(2)21-10-7-11-22(18(3)4)27(21)30-25(33)16-34-28-24-9-6-5-8-23(24)26(31-32-28)19-12-14-20(29)15-13-19/h5-15,17-18H,16H2,1-4H3,(H,30,33). The van der Waals surface area contributed by atoms with Gasteiger partial charge in [0.15, 0.2) is 0 Å². The van der Waals surface area contributed by atoms with Crippen LogP contribution in [-0.4, -0.2) is 21.9 Å². The second kappa shape index (κ2) is 10.3. The highest BCUT2D eigenvalue weighted by molar-refractivity contribution is 8.00. The second-order valence-electron chi connectivity index (χ2n) is 8.86. The van der Waals surface area contributed by atoms with Crippen LogP contribution in [0.5, 0.6) is 0 Å². The van der Waals surface area contributed by atoms with Gasteiger partial charge in [-0.15, -0.1) is 10.2 Å². The molecule has 6 heteroatoms. The number of anilines is 1. The highest BCUT2D eigenvalue weighted by atomic mass is 32.2. The van der Waals surface area contributed by atoms with Crippen LogP contribution in [0.2, 0.25) is 0 Å². The third kappa shape index (κ3) is 5.12. The Bertz CT molecular complexity index is 1290. The lowest BCUT2D eigenvalue weighted by Gasteiger charge is -2.20. The smallest absolute Gasteiger partial charge is 0.234 e. The minimum Gasteiger partial charge on any atom is -0.325 e. The van der Waals surface area contributed by atoms with E-state index in [0.717, 1.165) is 33.2 Å². The minimum absolute atomic E-state index is 0.0755. The summed E-state index contributed by atoms with van der Waals surface area (Å²) < 4.78 is 13.4. The molecule has 0 unspecified atom stereocenters. The Morgan fingerprint density at radius 2 is 1.47 bits per heavy atom. The van der Waals surface area contributed by atoms with E-state index in [2.05, 4.69) is 61.4 Å². The Balaban J connectivity index is 1.58. The van der Waals surface area contributed by atoms with Crippen molar-refractivity contribution in [2.24, 2.45) is 0 Å². The number of amides is 1. The number of carbonyl (C=O) groups excluding carboxylic acids is 1. The third-order valence-corrected chi connectivity index (χ3v) is 6.73. The molecular weight excluding hydrogens is 445 g/mol. The molecule has 0 aliphatic carbocycles. The first kappa shape index (κ1) is 23.9. The van der Waals surface area contributed by atoms with Gasteiger partial charge in [-0.25, -0.2) is 4.39 Å². The first-order valence-corrected chi connectivity index (χ1v) is 12.4. The van der Waals surface area contributed by atoms with Crippen molar-refractivity contribution >= 4 is 34.1 Å². The molecule has 1 heterocycles. The summed E-state index contributed by atoms with van der Waals surface area (Å²) in [4.78, 5) is 13.0. The van der Waals surface area contributed by atoms with Crippen molar-refractivity contribution in [2.75, 3.05) is 11.1 Å². The van der Waals surface area contributed by atoms with Gasteiger partial charge >= 0.3 is 0 Å². The third-order valence-electron chi connectivity index (χ3n) is 5.75. The van der Waals surface area contributed by atoms with Crippen LogP contribution in [0.1, 0.15) is 50.7 Å². The molecule has 0 saturated heterocycles. The van der Waals surface area contributed by atoms with Gasteiger partial charge < -0.3 is 5.32 Å². The van der Waals surface area contributed by atoms with E-state index >= 15 is 0 Å². The Morgan fingerprint density at radius 1 is 0.853 bits per heavy atom. The number of hydrogen-bond acceptors (Lipinski definition) is 4. The molecule has 1 amide bonds. The molecule has 4 nitrogen and oxygen atoms in total. The number of rotatable bonds is 7. The van der Waals surface area contributed by atoms with Crippen molar-refractivity contribution < 1.29 is 9.18 Å². The number of halogens is 1. The molecule has 0 saturated carbocycles. The Kier molecular flexibility index (Phi) is 7.27. The quantitative estimate of drug-likeness (QED) is 0.284. The van der Waals surface area contributed by atoms with Gasteiger partial charge in [-0.2, -0.15) is 0 Å². The zero-order valence-electron chi connectivity index (χ0n) is 19.8. The van der Waals surface area contributed by atoms with Crippen LogP contribution in [0.4, 0.5) is 10.1 Å². The molecule has 0 fully saturated rings. The van der Waals surface area contributed by atoms with E-state index in [1.54, 1.807) is 12.1 Å². The summed E-state index contributed by atoms with van der Waals surface area (Å²) in [5.74, 6) is 0.455. The number of nitrogens with one attached hydrogen (secondary N) is 1. The van der Waals surface area contributed by atoms with E-state index in [1.165, 1.54) is 23.9 Å². The fraction of sp³-hybridized carbons (Fsp3) is 0.250. The number of carbonyl (C=O) groups is 1. The monoisotopic (exact) mass is 473 g/mol. The van der Waals surface area contributed by atoms with Gasteiger partial charge in [-0.05, 0) is 47.2 Å². The summed E-state index contributed by atoms with van der Waals surface area (Å²) in [6, 6.07) is 20.3. The molecule has 0 aliphatic rings. The summed E-state index contributed by atoms with van der Waals surface area (Å²) in [5, 5.41) is 14.5. The van der Waals surface area contributed by atoms with Gasteiger partial charge in [0.25, 0.3) is 0 Å². The number of thioether (sulfide) groups is 1. The summed E-state index contributed by atoms with van der Waals surface area (Å²) in [5.41, 5.74) is 4.68. The van der Waals surface area contributed by atoms with Gasteiger partial charge in [0.2, 0.25) is 5.91 Å². The van der Waals surface area contributed by atoms with Crippen LogP contribution in [0.3, 0.4) is 0 Å². The van der Waals surface area contributed by atoms with Gasteiger partial charge in [0.05, 0.1) is 5.75 Å². The second-order valence-corrected chi connectivity index (χ2v) is 9.83. The number of aromatic nitrogens is 2. The molecule has 0 radical (unpaired) electrons. The normalized spacial score (nSPS) is 11.4. The van der Waals surface area contributed by atoms with Crippen molar-refractivity contribution in [1.82, 2.24) is 10.2 Å². The average molecular weight is 474 g/mol. The lowest BCUT2D eigenvalue weighted by molar-refractivity contribution is -0.113. The molecule has 0 spiro atoms. The molecule has 4 aromatic rings. The van der Waals surface area contributed by atoms with Crippen molar-refractivity contribution in [2.45, 2.75) is 44.6 Å². The van der Waals surface area contributed by atoms with Crippen LogP contribution in [0.25, 0.3) is 22.0 Å². The molecule has 0 bridgehead atoms. The van der Waals surface area contributed by atoms with Gasteiger partial charge in [0, 0.05) is 22.0 Å². The number of para-hydroxylation sites is 1. The van der Waals surface area contributed by atoms with E-state index in [0.29, 0.717) is 22.6 Å².